The number of anilines is 1. The molecule has 3 heterocycles. The first-order valence-corrected chi connectivity index (χ1v) is 9.57. The van der Waals surface area contributed by atoms with Crippen LogP contribution in [0.1, 0.15) is 12.8 Å². The molecule has 29 heavy (non-hydrogen) atoms. The molecule has 152 valence electrons. The molecule has 1 aliphatic carbocycles. The summed E-state index contributed by atoms with van der Waals surface area (Å²) in [4.78, 5) is 27.8. The third kappa shape index (κ3) is 3.02. The van der Waals surface area contributed by atoms with E-state index in [2.05, 4.69) is 9.64 Å². The normalized spacial score (nSPS) is 19.1. The first kappa shape index (κ1) is 18.0. The molecule has 9 heteroatoms. The van der Waals surface area contributed by atoms with Gasteiger partial charge < -0.3 is 28.9 Å². The molecule has 3 aliphatic rings. The van der Waals surface area contributed by atoms with Crippen LogP contribution >= 0.6 is 0 Å². The predicted molar refractivity (Wildman–Crippen MR) is 104 cm³/mol. The number of pyridine rings is 1. The highest BCUT2D eigenvalue weighted by atomic mass is 19.1. The Morgan fingerprint density at radius 1 is 1.28 bits per heavy atom. The van der Waals surface area contributed by atoms with Crippen molar-refractivity contribution in [3.63, 3.8) is 0 Å². The predicted octanol–water partition coefficient (Wildman–Crippen LogP) is 2.55. The average molecular weight is 401 g/mol. The summed E-state index contributed by atoms with van der Waals surface area (Å²) in [5, 5.41) is 8.97. The minimum absolute atomic E-state index is 0.0280. The summed E-state index contributed by atoms with van der Waals surface area (Å²) in [6.45, 7) is 2.87. The Bertz CT molecular complexity index is 1110. The topological polar surface area (TPSA) is 84.2 Å². The lowest BCUT2D eigenvalue weighted by molar-refractivity contribution is 0.144. The van der Waals surface area contributed by atoms with E-state index in [0.717, 1.165) is 32.0 Å². The number of benzene rings is 1. The van der Waals surface area contributed by atoms with Crippen LogP contribution in [-0.2, 0) is 0 Å². The van der Waals surface area contributed by atoms with E-state index in [1.54, 1.807) is 10.8 Å². The second-order valence-electron chi connectivity index (χ2n) is 7.73. The van der Waals surface area contributed by atoms with Gasteiger partial charge >= 0.3 is 6.16 Å². The maximum atomic E-state index is 15.3. The van der Waals surface area contributed by atoms with Gasteiger partial charge in [0, 0.05) is 38.3 Å². The molecule has 1 N–H and O–H groups in total. The Labute approximate surface area is 165 Å². The number of rotatable bonds is 3. The molecule has 5 rings (SSSR count). The van der Waals surface area contributed by atoms with Crippen molar-refractivity contribution in [3.05, 3.63) is 34.1 Å². The van der Waals surface area contributed by atoms with E-state index in [9.17, 15) is 9.59 Å². The van der Waals surface area contributed by atoms with E-state index in [1.165, 1.54) is 6.20 Å². The Morgan fingerprint density at radius 2 is 2.00 bits per heavy atom. The maximum absolute atomic E-state index is 15.3. The number of halogens is 1. The van der Waals surface area contributed by atoms with E-state index >= 15 is 4.39 Å². The largest absolute Gasteiger partial charge is 0.511 e. The van der Waals surface area contributed by atoms with Gasteiger partial charge in [0.2, 0.25) is 5.43 Å². The van der Waals surface area contributed by atoms with E-state index in [0.29, 0.717) is 35.8 Å². The van der Waals surface area contributed by atoms with Gasteiger partial charge in [0.1, 0.15) is 17.0 Å². The summed E-state index contributed by atoms with van der Waals surface area (Å²) in [6.07, 6.45) is 3.41. The molecular weight excluding hydrogens is 381 g/mol. The maximum Gasteiger partial charge on any atom is 0.511 e. The summed E-state index contributed by atoms with van der Waals surface area (Å²) < 4.78 is 27.7. The van der Waals surface area contributed by atoms with Crippen LogP contribution in [0.15, 0.2) is 22.8 Å². The fourth-order valence-corrected chi connectivity index (χ4v) is 3.95. The average Bonchev–Trinajstić information content (AvgIpc) is 3.51. The molecule has 0 atom stereocenters. The van der Waals surface area contributed by atoms with Crippen LogP contribution in [0.5, 0.6) is 11.5 Å². The third-order valence-corrected chi connectivity index (χ3v) is 5.65. The lowest BCUT2D eigenvalue weighted by Crippen LogP contribution is -2.45. The second kappa shape index (κ2) is 6.48. The molecule has 2 fully saturated rings. The molecule has 0 unspecified atom stereocenters. The van der Waals surface area contributed by atoms with Crippen LogP contribution in [0.4, 0.5) is 14.9 Å². The first-order valence-electron chi connectivity index (χ1n) is 9.57. The van der Waals surface area contributed by atoms with Gasteiger partial charge in [-0.1, -0.05) is 0 Å². The zero-order valence-electron chi connectivity index (χ0n) is 15.9. The number of carbonyl (C=O) groups is 1. The van der Waals surface area contributed by atoms with Crippen molar-refractivity contribution in [3.8, 4) is 11.5 Å². The van der Waals surface area contributed by atoms with E-state index in [4.69, 9.17) is 9.84 Å². The van der Waals surface area contributed by atoms with Crippen LogP contribution in [0.3, 0.4) is 0 Å². The molecule has 0 radical (unpaired) electrons. The van der Waals surface area contributed by atoms with Gasteiger partial charge in [0.25, 0.3) is 0 Å². The molecule has 1 aromatic carbocycles. The Kier molecular flexibility index (Phi) is 4.02. The third-order valence-electron chi connectivity index (χ3n) is 5.65. The van der Waals surface area contributed by atoms with Gasteiger partial charge in [-0.3, -0.25) is 4.79 Å². The van der Waals surface area contributed by atoms with Crippen molar-refractivity contribution in [1.29, 1.82) is 0 Å². The molecule has 2 aliphatic heterocycles. The molecule has 1 saturated carbocycles. The van der Waals surface area contributed by atoms with Crippen molar-refractivity contribution in [2.45, 2.75) is 12.8 Å². The zero-order valence-corrected chi connectivity index (χ0v) is 15.9. The van der Waals surface area contributed by atoms with E-state index in [-0.39, 0.29) is 17.1 Å². The summed E-state index contributed by atoms with van der Waals surface area (Å²) in [5.41, 5.74) is 0.0833. The molecular formula is C20H20FN3O5. The molecule has 8 nitrogen and oxygen atoms in total. The molecule has 0 amide bonds. The summed E-state index contributed by atoms with van der Waals surface area (Å²) in [6, 6.07) is 1.15. The summed E-state index contributed by atoms with van der Waals surface area (Å²) >= 11 is 0. The number of nitrogens with zero attached hydrogens (tertiary/aromatic N) is 3. The Morgan fingerprint density at radius 3 is 2.66 bits per heavy atom. The molecule has 2 aromatic rings. The lowest BCUT2D eigenvalue weighted by Gasteiger charge is -2.36. The number of hydrogen-bond acceptors (Lipinski definition) is 6. The van der Waals surface area contributed by atoms with Gasteiger partial charge in [-0.05, 0) is 26.0 Å². The van der Waals surface area contributed by atoms with Crippen LogP contribution < -0.4 is 19.8 Å². The summed E-state index contributed by atoms with van der Waals surface area (Å²) in [7, 11) is 2.02. The highest BCUT2D eigenvalue weighted by molar-refractivity contribution is 5.94. The standard InChI is InChI=1S/C20H20FN3O5/c1-22-4-6-23(7-5-22)17-13(21)8-12-16-19(17)28-14(11-2-3-11)9-24(16)10-15(18(12)25)29-20(26)27/h8-11H,2-7H2,1H3,(H,26,27). The highest BCUT2D eigenvalue weighted by Crippen LogP contribution is 2.46. The molecule has 0 bridgehead atoms. The minimum atomic E-state index is -1.59. The van der Waals surface area contributed by atoms with Crippen LogP contribution in [0.25, 0.3) is 17.1 Å². The van der Waals surface area contributed by atoms with Crippen molar-refractivity contribution >= 4 is 28.9 Å². The second-order valence-corrected chi connectivity index (χ2v) is 7.73. The number of piperazine rings is 1. The number of allylic oxidation sites excluding steroid dienone is 1. The number of ether oxygens (including phenoxy) is 2. The number of likely N-dealkylation sites (N-methyl/N-ethyl adjacent to an activating group) is 1. The Hall–Kier alpha value is -3.07. The first-order chi connectivity index (χ1) is 13.9. The minimum Gasteiger partial charge on any atom is -0.455 e. The fourth-order valence-electron chi connectivity index (χ4n) is 3.95. The van der Waals surface area contributed by atoms with Crippen molar-refractivity contribution in [1.82, 2.24) is 9.47 Å². The highest BCUT2D eigenvalue weighted by Gasteiger charge is 2.34. The van der Waals surface area contributed by atoms with E-state index < -0.39 is 17.4 Å². The van der Waals surface area contributed by atoms with Crippen LogP contribution in [0.2, 0.25) is 0 Å². The van der Waals surface area contributed by atoms with Gasteiger partial charge in [-0.2, -0.15) is 0 Å². The van der Waals surface area contributed by atoms with Crippen molar-refractivity contribution < 1.29 is 23.8 Å². The van der Waals surface area contributed by atoms with Crippen LogP contribution in [-0.4, -0.2) is 54.0 Å². The van der Waals surface area contributed by atoms with E-state index in [1.807, 2.05) is 11.9 Å². The number of hydrogen-bond donors (Lipinski definition) is 1. The van der Waals surface area contributed by atoms with Crippen molar-refractivity contribution in [2.24, 2.45) is 5.92 Å². The molecule has 0 spiro atoms. The summed E-state index contributed by atoms with van der Waals surface area (Å²) in [5.74, 6) is 0.309. The Balaban J connectivity index is 1.74. The lowest BCUT2D eigenvalue weighted by atomic mass is 10.1. The van der Waals surface area contributed by atoms with Gasteiger partial charge in [0.15, 0.2) is 17.3 Å². The molecule has 1 aromatic heterocycles. The van der Waals surface area contributed by atoms with Gasteiger partial charge in [-0.15, -0.1) is 0 Å². The smallest absolute Gasteiger partial charge is 0.455 e. The zero-order chi connectivity index (χ0) is 20.3. The number of aromatic nitrogens is 1. The number of carboxylic acid groups (broad SMARTS) is 1. The van der Waals surface area contributed by atoms with Gasteiger partial charge in [0.05, 0.1) is 11.6 Å². The van der Waals surface area contributed by atoms with Crippen LogP contribution in [0, 0.1) is 11.7 Å². The molecule has 1 saturated heterocycles. The monoisotopic (exact) mass is 401 g/mol. The fraction of sp³-hybridized carbons (Fsp3) is 0.400. The quantitative estimate of drug-likeness (QED) is 0.792. The van der Waals surface area contributed by atoms with Crippen molar-refractivity contribution in [2.75, 3.05) is 38.1 Å². The van der Waals surface area contributed by atoms with Gasteiger partial charge in [-0.25, -0.2) is 9.18 Å². The SMILES string of the molecule is CN1CCN(c2c(F)cc3c(=O)c(OC(=O)O)cn4c3c2OC(C2CC2)=C4)CC1.